The van der Waals surface area contributed by atoms with Crippen molar-refractivity contribution in [2.75, 3.05) is 0 Å². The van der Waals surface area contributed by atoms with E-state index in [4.69, 9.17) is 5.73 Å². The summed E-state index contributed by atoms with van der Waals surface area (Å²) in [5.41, 5.74) is 9.72. The summed E-state index contributed by atoms with van der Waals surface area (Å²) >= 11 is 10.7. The zero-order valence-electron chi connectivity index (χ0n) is 9.75. The molecule has 0 aliphatic rings. The third-order valence-electron chi connectivity index (χ3n) is 2.85. The van der Waals surface area contributed by atoms with Crippen LogP contribution in [0.15, 0.2) is 49.8 Å². The minimum atomic E-state index is -0.161. The summed E-state index contributed by atoms with van der Waals surface area (Å²) in [7, 11) is 0. The first kappa shape index (κ1) is 14.3. The summed E-state index contributed by atoms with van der Waals surface area (Å²) in [5, 5.41) is 0. The van der Waals surface area contributed by atoms with Crippen LogP contribution in [0.2, 0.25) is 0 Å². The molecule has 4 heteroatoms. The van der Waals surface area contributed by atoms with Crippen molar-refractivity contribution in [1.29, 1.82) is 0 Å². The monoisotopic (exact) mass is 431 g/mol. The average molecular weight is 434 g/mol. The van der Waals surface area contributed by atoms with E-state index in [1.165, 1.54) is 5.56 Å². The molecule has 2 N–H and O–H groups in total. The molecule has 2 aromatic rings. The van der Waals surface area contributed by atoms with E-state index in [-0.39, 0.29) is 6.04 Å². The molecule has 1 nitrogen and oxygen atoms in total. The molecule has 0 fully saturated rings. The molecule has 0 radical (unpaired) electrons. The van der Waals surface area contributed by atoms with Crippen molar-refractivity contribution in [2.24, 2.45) is 5.73 Å². The van der Waals surface area contributed by atoms with Gasteiger partial charge in [-0.15, -0.1) is 0 Å². The Morgan fingerprint density at radius 1 is 1.00 bits per heavy atom. The van der Waals surface area contributed by atoms with Crippen molar-refractivity contribution in [3.05, 3.63) is 66.5 Å². The Labute approximate surface area is 132 Å². The number of halogens is 3. The first-order valence-electron chi connectivity index (χ1n) is 5.46. The molecule has 0 spiro atoms. The van der Waals surface area contributed by atoms with Gasteiger partial charge in [0.05, 0.1) is 6.04 Å². The Hall–Kier alpha value is -0.160. The van der Waals surface area contributed by atoms with Gasteiger partial charge < -0.3 is 5.73 Å². The van der Waals surface area contributed by atoms with Crippen LogP contribution >= 0.6 is 47.8 Å². The molecule has 0 amide bonds. The van der Waals surface area contributed by atoms with E-state index in [1.54, 1.807) is 0 Å². The van der Waals surface area contributed by atoms with Crippen LogP contribution < -0.4 is 5.73 Å². The molecular weight excluding hydrogens is 422 g/mol. The quantitative estimate of drug-likeness (QED) is 0.680. The minimum Gasteiger partial charge on any atom is -0.320 e. The molecule has 0 heterocycles. The van der Waals surface area contributed by atoms with Crippen LogP contribution in [0.4, 0.5) is 0 Å². The van der Waals surface area contributed by atoms with Gasteiger partial charge in [-0.05, 0) is 41.8 Å². The highest BCUT2D eigenvalue weighted by atomic mass is 79.9. The Morgan fingerprint density at radius 3 is 2.44 bits per heavy atom. The first-order valence-corrected chi connectivity index (χ1v) is 7.84. The van der Waals surface area contributed by atoms with Crippen molar-refractivity contribution < 1.29 is 0 Å². The van der Waals surface area contributed by atoms with Gasteiger partial charge in [-0.2, -0.15) is 0 Å². The molecule has 0 saturated carbocycles. The molecule has 2 aromatic carbocycles. The normalized spacial score (nSPS) is 12.5. The van der Waals surface area contributed by atoms with Gasteiger partial charge in [-0.25, -0.2) is 0 Å². The number of hydrogen-bond acceptors (Lipinski definition) is 1. The smallest absolute Gasteiger partial charge is 0.0574 e. The van der Waals surface area contributed by atoms with Crippen LogP contribution in [-0.2, 0) is 0 Å². The van der Waals surface area contributed by atoms with E-state index >= 15 is 0 Å². The van der Waals surface area contributed by atoms with Crippen LogP contribution in [0.25, 0.3) is 0 Å². The highest BCUT2D eigenvalue weighted by molar-refractivity contribution is 9.11. The lowest BCUT2D eigenvalue weighted by atomic mass is 9.98. The van der Waals surface area contributed by atoms with Gasteiger partial charge in [0.15, 0.2) is 0 Å². The molecule has 18 heavy (non-hydrogen) atoms. The standard InChI is InChI=1S/C14H12Br3N/c1-8-3-2-4-10(13(8)17)14(18)11-7-9(15)5-6-12(11)16/h2-7,14H,18H2,1H3. The highest BCUT2D eigenvalue weighted by Crippen LogP contribution is 2.33. The Balaban J connectivity index is 2.51. The van der Waals surface area contributed by atoms with E-state index in [1.807, 2.05) is 24.3 Å². The second kappa shape index (κ2) is 5.87. The van der Waals surface area contributed by atoms with Crippen LogP contribution in [0.5, 0.6) is 0 Å². The maximum atomic E-state index is 6.37. The molecule has 2 rings (SSSR count). The molecule has 0 aliphatic carbocycles. The van der Waals surface area contributed by atoms with Gasteiger partial charge in [0, 0.05) is 13.4 Å². The molecular formula is C14H12Br3N. The molecule has 94 valence electrons. The zero-order valence-corrected chi connectivity index (χ0v) is 14.5. The molecule has 0 aromatic heterocycles. The van der Waals surface area contributed by atoms with Gasteiger partial charge in [-0.1, -0.05) is 66.0 Å². The second-order valence-corrected chi connectivity index (χ2v) is 6.68. The lowest BCUT2D eigenvalue weighted by molar-refractivity contribution is 0.857. The Bertz CT molecular complexity index is 579. The fourth-order valence-corrected chi connectivity index (χ4v) is 3.21. The maximum Gasteiger partial charge on any atom is 0.0574 e. The fourth-order valence-electron chi connectivity index (χ4n) is 1.83. The van der Waals surface area contributed by atoms with Crippen LogP contribution in [0.3, 0.4) is 0 Å². The van der Waals surface area contributed by atoms with Crippen molar-refractivity contribution in [3.63, 3.8) is 0 Å². The van der Waals surface area contributed by atoms with Crippen LogP contribution in [-0.4, -0.2) is 0 Å². The van der Waals surface area contributed by atoms with E-state index in [2.05, 4.69) is 66.8 Å². The van der Waals surface area contributed by atoms with Crippen molar-refractivity contribution in [3.8, 4) is 0 Å². The number of hydrogen-bond donors (Lipinski definition) is 1. The van der Waals surface area contributed by atoms with Gasteiger partial charge in [0.2, 0.25) is 0 Å². The fraction of sp³-hybridized carbons (Fsp3) is 0.143. The van der Waals surface area contributed by atoms with Crippen LogP contribution in [0, 0.1) is 6.92 Å². The number of aryl methyl sites for hydroxylation is 1. The average Bonchev–Trinajstić information content (AvgIpc) is 2.35. The molecule has 0 bridgehead atoms. The Kier molecular flexibility index (Phi) is 4.64. The number of nitrogens with two attached hydrogens (primary N) is 1. The summed E-state index contributed by atoms with van der Waals surface area (Å²) in [5.74, 6) is 0. The summed E-state index contributed by atoms with van der Waals surface area (Å²) < 4.78 is 3.12. The van der Waals surface area contributed by atoms with E-state index in [9.17, 15) is 0 Å². The maximum absolute atomic E-state index is 6.37. The van der Waals surface area contributed by atoms with Crippen molar-refractivity contribution in [2.45, 2.75) is 13.0 Å². The third-order valence-corrected chi connectivity index (χ3v) is 5.15. The molecule has 1 atom stereocenters. The van der Waals surface area contributed by atoms with Gasteiger partial charge >= 0.3 is 0 Å². The lowest BCUT2D eigenvalue weighted by Gasteiger charge is -2.17. The number of rotatable bonds is 2. The summed E-state index contributed by atoms with van der Waals surface area (Å²) in [4.78, 5) is 0. The van der Waals surface area contributed by atoms with Crippen molar-refractivity contribution in [1.82, 2.24) is 0 Å². The van der Waals surface area contributed by atoms with E-state index < -0.39 is 0 Å². The topological polar surface area (TPSA) is 26.0 Å². The third kappa shape index (κ3) is 2.87. The zero-order chi connectivity index (χ0) is 13.3. The van der Waals surface area contributed by atoms with Crippen LogP contribution in [0.1, 0.15) is 22.7 Å². The van der Waals surface area contributed by atoms with E-state index in [0.717, 1.165) is 24.5 Å². The predicted molar refractivity (Wildman–Crippen MR) is 86.8 cm³/mol. The lowest BCUT2D eigenvalue weighted by Crippen LogP contribution is -2.13. The summed E-state index contributed by atoms with van der Waals surface area (Å²) in [6, 6.07) is 12.0. The SMILES string of the molecule is Cc1cccc(C(N)c2cc(Br)ccc2Br)c1Br. The van der Waals surface area contributed by atoms with Gasteiger partial charge in [0.25, 0.3) is 0 Å². The van der Waals surface area contributed by atoms with Crippen molar-refractivity contribution >= 4 is 47.8 Å². The predicted octanol–water partition coefficient (Wildman–Crippen LogP) is 5.33. The molecule has 0 saturated heterocycles. The number of benzene rings is 2. The summed E-state index contributed by atoms with van der Waals surface area (Å²) in [6.45, 7) is 2.07. The Morgan fingerprint density at radius 2 is 1.72 bits per heavy atom. The van der Waals surface area contributed by atoms with Gasteiger partial charge in [0.1, 0.15) is 0 Å². The largest absolute Gasteiger partial charge is 0.320 e. The minimum absolute atomic E-state index is 0.161. The van der Waals surface area contributed by atoms with E-state index in [0.29, 0.717) is 0 Å². The van der Waals surface area contributed by atoms with Gasteiger partial charge in [-0.3, -0.25) is 0 Å². The molecule has 1 unspecified atom stereocenters. The highest BCUT2D eigenvalue weighted by Gasteiger charge is 2.16. The first-order chi connectivity index (χ1) is 8.50. The second-order valence-electron chi connectivity index (χ2n) is 4.12. The summed E-state index contributed by atoms with van der Waals surface area (Å²) in [6.07, 6.45) is 0. The molecule has 0 aliphatic heterocycles.